The second-order valence-corrected chi connectivity index (χ2v) is 7.12. The summed E-state index contributed by atoms with van der Waals surface area (Å²) in [6.07, 6.45) is 2.91. The largest absolute Gasteiger partial charge is 0.486 e. The second-order valence-electron chi connectivity index (χ2n) is 6.12. The van der Waals surface area contributed by atoms with Crippen LogP contribution in [0, 0.1) is 5.92 Å². The molecule has 2 saturated heterocycles. The molecule has 1 aromatic heterocycles. The summed E-state index contributed by atoms with van der Waals surface area (Å²) in [5.41, 5.74) is 0. The van der Waals surface area contributed by atoms with Crippen LogP contribution in [0.2, 0.25) is 0 Å². The number of anilines is 1. The maximum absolute atomic E-state index is 12.3. The van der Waals surface area contributed by atoms with Gasteiger partial charge in [-0.2, -0.15) is 0 Å². The zero-order chi connectivity index (χ0) is 18.0. The summed E-state index contributed by atoms with van der Waals surface area (Å²) < 4.78 is 5.04. The quantitative estimate of drug-likeness (QED) is 0.822. The number of aliphatic carboxylic acids is 1. The summed E-state index contributed by atoms with van der Waals surface area (Å²) in [6, 6.07) is -0.229. The molecule has 0 saturated carbocycles. The van der Waals surface area contributed by atoms with Crippen molar-refractivity contribution in [3.05, 3.63) is 6.20 Å². The number of rotatable bonds is 4. The molecule has 2 aliphatic rings. The van der Waals surface area contributed by atoms with Crippen LogP contribution in [0.5, 0.6) is 5.06 Å². The smallest absolute Gasteiger partial charge is 0.323 e. The number of carbonyl (C=O) groups excluding carboxylic acids is 2. The van der Waals surface area contributed by atoms with Crippen molar-refractivity contribution in [1.29, 1.82) is 0 Å². The highest BCUT2D eigenvalue weighted by Crippen LogP contribution is 2.27. The molecule has 3 rings (SSSR count). The van der Waals surface area contributed by atoms with E-state index >= 15 is 0 Å². The fourth-order valence-corrected chi connectivity index (χ4v) is 3.84. The number of carboxylic acid groups (broad SMARTS) is 1. The Labute approximate surface area is 148 Å². The van der Waals surface area contributed by atoms with Crippen molar-refractivity contribution in [3.8, 4) is 5.06 Å². The van der Waals surface area contributed by atoms with E-state index in [1.807, 2.05) is 0 Å². The van der Waals surface area contributed by atoms with E-state index in [9.17, 15) is 14.4 Å². The van der Waals surface area contributed by atoms with E-state index in [2.05, 4.69) is 10.3 Å². The Morgan fingerprint density at radius 3 is 2.68 bits per heavy atom. The summed E-state index contributed by atoms with van der Waals surface area (Å²) in [4.78, 5) is 42.8. The monoisotopic (exact) mass is 368 g/mol. The topological polar surface area (TPSA) is 112 Å². The molecule has 0 radical (unpaired) electrons. The molecule has 0 spiro atoms. The summed E-state index contributed by atoms with van der Waals surface area (Å²) in [6.45, 7) is 1.30. The standard InChI is InChI=1S/C15H20N4O5S/c1-24-12-7-16-14(25-12)17-15(23)18-4-2-10(3-5-18)19-8-9(13(21)22)6-11(19)20/h7,9-10H,2-6,8H2,1H3,(H,21,22)(H,16,17,23). The van der Waals surface area contributed by atoms with Crippen LogP contribution in [0.3, 0.4) is 0 Å². The Bertz CT molecular complexity index is 671. The van der Waals surface area contributed by atoms with Crippen LogP contribution in [-0.2, 0) is 9.59 Å². The number of carboxylic acids is 1. The first-order valence-electron chi connectivity index (χ1n) is 8.06. The van der Waals surface area contributed by atoms with Gasteiger partial charge in [-0.1, -0.05) is 11.3 Å². The average molecular weight is 368 g/mol. The molecule has 2 N–H and O–H groups in total. The summed E-state index contributed by atoms with van der Waals surface area (Å²) >= 11 is 1.25. The van der Waals surface area contributed by atoms with Gasteiger partial charge in [-0.05, 0) is 12.8 Å². The van der Waals surface area contributed by atoms with Crippen LogP contribution >= 0.6 is 11.3 Å². The number of nitrogens with zero attached hydrogens (tertiary/aromatic N) is 3. The molecule has 0 aliphatic carbocycles. The van der Waals surface area contributed by atoms with E-state index in [4.69, 9.17) is 9.84 Å². The zero-order valence-electron chi connectivity index (χ0n) is 13.8. The fourth-order valence-electron chi connectivity index (χ4n) is 3.21. The van der Waals surface area contributed by atoms with Crippen LogP contribution < -0.4 is 10.1 Å². The van der Waals surface area contributed by atoms with Gasteiger partial charge in [0.2, 0.25) is 5.91 Å². The number of aromatic nitrogens is 1. The minimum atomic E-state index is -0.925. The van der Waals surface area contributed by atoms with Gasteiger partial charge in [-0.25, -0.2) is 9.78 Å². The molecule has 136 valence electrons. The van der Waals surface area contributed by atoms with Gasteiger partial charge >= 0.3 is 12.0 Å². The van der Waals surface area contributed by atoms with Gasteiger partial charge in [0.1, 0.15) is 0 Å². The lowest BCUT2D eigenvalue weighted by atomic mass is 10.0. The van der Waals surface area contributed by atoms with Crippen LogP contribution in [0.1, 0.15) is 19.3 Å². The first kappa shape index (κ1) is 17.5. The highest BCUT2D eigenvalue weighted by Gasteiger charge is 2.39. The number of nitrogens with one attached hydrogen (secondary N) is 1. The van der Waals surface area contributed by atoms with E-state index in [1.165, 1.54) is 11.3 Å². The first-order chi connectivity index (χ1) is 12.0. The Kier molecular flexibility index (Phi) is 5.07. The van der Waals surface area contributed by atoms with E-state index in [1.54, 1.807) is 23.1 Å². The maximum atomic E-state index is 12.3. The molecule has 25 heavy (non-hydrogen) atoms. The molecular weight excluding hydrogens is 348 g/mol. The van der Waals surface area contributed by atoms with Crippen molar-refractivity contribution in [2.75, 3.05) is 32.1 Å². The summed E-state index contributed by atoms with van der Waals surface area (Å²) in [7, 11) is 1.54. The number of carbonyl (C=O) groups is 3. The normalized spacial score (nSPS) is 21.5. The molecule has 9 nitrogen and oxygen atoms in total. The molecule has 3 amide bonds. The third-order valence-corrected chi connectivity index (χ3v) is 5.47. The SMILES string of the molecule is COc1cnc(NC(=O)N2CCC(N3CC(C(=O)O)CC3=O)CC2)s1. The van der Waals surface area contributed by atoms with E-state index in [-0.39, 0.29) is 30.9 Å². The predicted molar refractivity (Wildman–Crippen MR) is 89.7 cm³/mol. The van der Waals surface area contributed by atoms with Crippen molar-refractivity contribution >= 4 is 34.4 Å². The molecule has 1 atom stereocenters. The molecule has 0 bridgehead atoms. The van der Waals surface area contributed by atoms with Gasteiger partial charge < -0.3 is 19.6 Å². The number of likely N-dealkylation sites (tertiary alicyclic amines) is 2. The third kappa shape index (κ3) is 3.84. The molecule has 2 fully saturated rings. The van der Waals surface area contributed by atoms with E-state index < -0.39 is 11.9 Å². The maximum Gasteiger partial charge on any atom is 0.323 e. The van der Waals surface area contributed by atoms with Crippen molar-refractivity contribution in [1.82, 2.24) is 14.8 Å². The van der Waals surface area contributed by atoms with Gasteiger partial charge in [0.05, 0.1) is 19.2 Å². The Balaban J connectivity index is 1.50. The van der Waals surface area contributed by atoms with Crippen LogP contribution in [-0.4, -0.2) is 70.6 Å². The number of hydrogen-bond acceptors (Lipinski definition) is 6. The lowest BCUT2D eigenvalue weighted by molar-refractivity contribution is -0.141. The number of hydrogen-bond donors (Lipinski definition) is 2. The second kappa shape index (κ2) is 7.26. The van der Waals surface area contributed by atoms with E-state index in [0.717, 1.165) is 0 Å². The van der Waals surface area contributed by atoms with Gasteiger partial charge in [0, 0.05) is 32.1 Å². The number of methoxy groups -OCH3 is 1. The lowest BCUT2D eigenvalue weighted by Crippen LogP contribution is -2.48. The molecule has 2 aliphatic heterocycles. The fraction of sp³-hybridized carbons (Fsp3) is 0.600. The molecular formula is C15H20N4O5S. The van der Waals surface area contributed by atoms with Crippen molar-refractivity contribution in [2.45, 2.75) is 25.3 Å². The van der Waals surface area contributed by atoms with E-state index in [0.29, 0.717) is 36.1 Å². The van der Waals surface area contributed by atoms with Gasteiger partial charge in [-0.3, -0.25) is 14.9 Å². The summed E-state index contributed by atoms with van der Waals surface area (Å²) in [5.74, 6) is -1.65. The minimum absolute atomic E-state index is 0.000793. The molecule has 1 aromatic rings. The zero-order valence-corrected chi connectivity index (χ0v) is 14.6. The molecule has 10 heteroatoms. The number of urea groups is 1. The Hall–Kier alpha value is -2.36. The van der Waals surface area contributed by atoms with Gasteiger partial charge in [0.25, 0.3) is 0 Å². The number of thiazole rings is 1. The lowest BCUT2D eigenvalue weighted by Gasteiger charge is -2.36. The highest BCUT2D eigenvalue weighted by molar-refractivity contribution is 7.17. The Morgan fingerprint density at radius 2 is 2.12 bits per heavy atom. The van der Waals surface area contributed by atoms with Crippen LogP contribution in [0.4, 0.5) is 9.93 Å². The number of amides is 3. The van der Waals surface area contributed by atoms with Crippen LogP contribution in [0.25, 0.3) is 0 Å². The Morgan fingerprint density at radius 1 is 1.40 bits per heavy atom. The average Bonchev–Trinajstić information content (AvgIpc) is 3.21. The van der Waals surface area contributed by atoms with Gasteiger partial charge in [-0.15, -0.1) is 0 Å². The first-order valence-corrected chi connectivity index (χ1v) is 8.87. The number of piperidine rings is 1. The molecule has 1 unspecified atom stereocenters. The van der Waals surface area contributed by atoms with Crippen LogP contribution in [0.15, 0.2) is 6.20 Å². The third-order valence-electron chi connectivity index (χ3n) is 4.60. The predicted octanol–water partition coefficient (Wildman–Crippen LogP) is 1.08. The number of ether oxygens (including phenoxy) is 1. The van der Waals surface area contributed by atoms with Crippen molar-refractivity contribution < 1.29 is 24.2 Å². The van der Waals surface area contributed by atoms with Gasteiger partial charge in [0.15, 0.2) is 10.2 Å². The summed E-state index contributed by atoms with van der Waals surface area (Å²) in [5, 5.41) is 12.9. The molecule has 3 heterocycles. The minimum Gasteiger partial charge on any atom is -0.486 e. The molecule has 0 aromatic carbocycles. The van der Waals surface area contributed by atoms with Crippen molar-refractivity contribution in [3.63, 3.8) is 0 Å². The van der Waals surface area contributed by atoms with Crippen molar-refractivity contribution in [2.24, 2.45) is 5.92 Å². The highest BCUT2D eigenvalue weighted by atomic mass is 32.1.